The Labute approximate surface area is 176 Å². The van der Waals surface area contributed by atoms with E-state index >= 15 is 0 Å². The normalized spacial score (nSPS) is 14.6. The molecule has 0 atom stereocenters. The van der Waals surface area contributed by atoms with Gasteiger partial charge in [-0.15, -0.1) is 0 Å². The molecule has 2 amide bonds. The molecule has 3 rings (SSSR count). The van der Waals surface area contributed by atoms with E-state index in [-0.39, 0.29) is 48.3 Å². The summed E-state index contributed by atoms with van der Waals surface area (Å²) in [5, 5.41) is 0.186. The number of piperazine rings is 1. The van der Waals surface area contributed by atoms with E-state index < -0.39 is 23.6 Å². The molecule has 0 saturated carbocycles. The number of carbonyl (C=O) groups excluding carboxylic acids is 2. The molecule has 0 N–H and O–H groups in total. The fraction of sp³-hybridized carbons (Fsp3) is 0.350. The molecule has 30 heavy (non-hydrogen) atoms. The highest BCUT2D eigenvalue weighted by Gasteiger charge is 2.32. The Morgan fingerprint density at radius 2 is 1.70 bits per heavy atom. The molecule has 1 aliphatic rings. The Bertz CT molecular complexity index is 944. The minimum Gasteiger partial charge on any atom is -0.478 e. The lowest BCUT2D eigenvalue weighted by atomic mass is 10.1. The molecular weight excluding hydrogens is 423 g/mol. The molecule has 0 radical (unpaired) electrons. The average molecular weight is 442 g/mol. The van der Waals surface area contributed by atoms with Gasteiger partial charge in [-0.2, -0.15) is 13.2 Å². The van der Waals surface area contributed by atoms with Crippen LogP contribution in [0.1, 0.15) is 33.3 Å². The van der Waals surface area contributed by atoms with Gasteiger partial charge in [0, 0.05) is 37.8 Å². The second-order valence-corrected chi connectivity index (χ2v) is 6.98. The van der Waals surface area contributed by atoms with Crippen molar-refractivity contribution in [3.05, 3.63) is 58.2 Å². The Balaban J connectivity index is 1.67. The van der Waals surface area contributed by atoms with Crippen LogP contribution >= 0.6 is 11.6 Å². The molecule has 6 nitrogen and oxygen atoms in total. The van der Waals surface area contributed by atoms with Gasteiger partial charge in [-0.1, -0.05) is 17.7 Å². The number of nitrogens with zero attached hydrogens (tertiary/aromatic N) is 3. The summed E-state index contributed by atoms with van der Waals surface area (Å²) in [6.45, 7) is 2.96. The molecule has 1 saturated heterocycles. The fourth-order valence-electron chi connectivity index (χ4n) is 3.08. The smallest absolute Gasteiger partial charge is 0.416 e. The molecule has 160 valence electrons. The molecule has 1 aliphatic heterocycles. The molecule has 1 fully saturated rings. The van der Waals surface area contributed by atoms with E-state index in [1.165, 1.54) is 28.0 Å². The van der Waals surface area contributed by atoms with Crippen molar-refractivity contribution in [2.75, 3.05) is 32.8 Å². The monoisotopic (exact) mass is 441 g/mol. The highest BCUT2D eigenvalue weighted by atomic mass is 35.5. The first-order valence-corrected chi connectivity index (χ1v) is 9.63. The standard InChI is InChI=1S/C20H19ClF3N3O3/c1-2-30-16-7-6-15(21)17(25-16)19(29)27-10-8-26(9-11-27)18(28)13-4-3-5-14(12-13)20(22,23)24/h3-7,12H,2,8-11H2,1H3. The van der Waals surface area contributed by atoms with E-state index in [4.69, 9.17) is 16.3 Å². The zero-order valence-corrected chi connectivity index (χ0v) is 16.8. The molecule has 1 aromatic heterocycles. The van der Waals surface area contributed by atoms with Crippen LogP contribution in [0.15, 0.2) is 36.4 Å². The number of aromatic nitrogens is 1. The number of hydrogen-bond acceptors (Lipinski definition) is 4. The van der Waals surface area contributed by atoms with Crippen LogP contribution < -0.4 is 4.74 Å². The lowest BCUT2D eigenvalue weighted by molar-refractivity contribution is -0.137. The van der Waals surface area contributed by atoms with Gasteiger partial charge in [0.1, 0.15) is 0 Å². The second kappa shape index (κ2) is 8.91. The minimum absolute atomic E-state index is 0.0428. The van der Waals surface area contributed by atoms with Crippen molar-refractivity contribution in [3.8, 4) is 5.88 Å². The zero-order chi connectivity index (χ0) is 21.9. The average Bonchev–Trinajstić information content (AvgIpc) is 2.74. The van der Waals surface area contributed by atoms with Crippen molar-refractivity contribution < 1.29 is 27.5 Å². The highest BCUT2D eigenvalue weighted by molar-refractivity contribution is 6.33. The first kappa shape index (κ1) is 21.9. The van der Waals surface area contributed by atoms with Crippen molar-refractivity contribution in [2.24, 2.45) is 0 Å². The third-order valence-electron chi connectivity index (χ3n) is 4.61. The van der Waals surface area contributed by atoms with Crippen LogP contribution in [0.25, 0.3) is 0 Å². The molecule has 0 spiro atoms. The molecule has 0 aliphatic carbocycles. The van der Waals surface area contributed by atoms with Crippen LogP contribution in [0.2, 0.25) is 5.02 Å². The van der Waals surface area contributed by atoms with Crippen LogP contribution in [0, 0.1) is 0 Å². The van der Waals surface area contributed by atoms with E-state index in [1.54, 1.807) is 13.0 Å². The SMILES string of the molecule is CCOc1ccc(Cl)c(C(=O)N2CCN(C(=O)c3cccc(C(F)(F)F)c3)CC2)n1. The largest absolute Gasteiger partial charge is 0.478 e. The molecule has 2 heterocycles. The van der Waals surface area contributed by atoms with Gasteiger partial charge in [0.2, 0.25) is 5.88 Å². The second-order valence-electron chi connectivity index (χ2n) is 6.58. The van der Waals surface area contributed by atoms with Crippen LogP contribution in [0.3, 0.4) is 0 Å². The van der Waals surface area contributed by atoms with E-state index in [0.29, 0.717) is 6.61 Å². The van der Waals surface area contributed by atoms with E-state index in [1.807, 2.05) is 0 Å². The number of rotatable bonds is 4. The highest BCUT2D eigenvalue weighted by Crippen LogP contribution is 2.30. The summed E-state index contributed by atoms with van der Waals surface area (Å²) in [5.41, 5.74) is -0.865. The first-order chi connectivity index (χ1) is 14.2. The van der Waals surface area contributed by atoms with Crippen LogP contribution in [0.4, 0.5) is 13.2 Å². The van der Waals surface area contributed by atoms with E-state index in [2.05, 4.69) is 4.98 Å². The predicted octanol–water partition coefficient (Wildman–Crippen LogP) is 3.75. The van der Waals surface area contributed by atoms with E-state index in [0.717, 1.165) is 12.1 Å². The number of amides is 2. The quantitative estimate of drug-likeness (QED) is 0.725. The van der Waals surface area contributed by atoms with Crippen LogP contribution in [-0.4, -0.2) is 59.4 Å². The van der Waals surface area contributed by atoms with Crippen LogP contribution in [0.5, 0.6) is 5.88 Å². The van der Waals surface area contributed by atoms with Crippen molar-refractivity contribution in [3.63, 3.8) is 0 Å². The zero-order valence-electron chi connectivity index (χ0n) is 16.1. The van der Waals surface area contributed by atoms with Gasteiger partial charge in [-0.05, 0) is 31.2 Å². The van der Waals surface area contributed by atoms with Gasteiger partial charge < -0.3 is 14.5 Å². The summed E-state index contributed by atoms with van der Waals surface area (Å²) in [7, 11) is 0. The topological polar surface area (TPSA) is 62.7 Å². The number of ether oxygens (including phenoxy) is 1. The molecule has 1 aromatic carbocycles. The molecule has 2 aromatic rings. The first-order valence-electron chi connectivity index (χ1n) is 9.26. The third-order valence-corrected chi connectivity index (χ3v) is 4.91. The van der Waals surface area contributed by atoms with Crippen molar-refractivity contribution in [1.29, 1.82) is 0 Å². The maximum absolute atomic E-state index is 12.9. The van der Waals surface area contributed by atoms with Gasteiger partial charge >= 0.3 is 6.18 Å². The van der Waals surface area contributed by atoms with Gasteiger partial charge in [0.05, 0.1) is 17.2 Å². The van der Waals surface area contributed by atoms with Crippen molar-refractivity contribution in [1.82, 2.24) is 14.8 Å². The Morgan fingerprint density at radius 3 is 2.30 bits per heavy atom. The Kier molecular flexibility index (Phi) is 6.50. The summed E-state index contributed by atoms with van der Waals surface area (Å²) >= 11 is 6.10. The number of pyridine rings is 1. The fourth-order valence-corrected chi connectivity index (χ4v) is 3.26. The maximum Gasteiger partial charge on any atom is 0.416 e. The lowest BCUT2D eigenvalue weighted by Crippen LogP contribution is -2.50. The number of hydrogen-bond donors (Lipinski definition) is 0. The Morgan fingerprint density at radius 1 is 1.07 bits per heavy atom. The summed E-state index contributed by atoms with van der Waals surface area (Å²) in [4.78, 5) is 32.4. The van der Waals surface area contributed by atoms with Gasteiger partial charge in [0.15, 0.2) is 5.69 Å². The van der Waals surface area contributed by atoms with Crippen LogP contribution in [-0.2, 0) is 6.18 Å². The summed E-state index contributed by atoms with van der Waals surface area (Å²) in [6.07, 6.45) is -4.52. The number of alkyl halides is 3. The van der Waals surface area contributed by atoms with Crippen molar-refractivity contribution >= 4 is 23.4 Å². The molecule has 10 heteroatoms. The maximum atomic E-state index is 12.9. The summed E-state index contributed by atoms with van der Waals surface area (Å²) in [5.74, 6) is -0.626. The number of halogens is 4. The van der Waals surface area contributed by atoms with E-state index in [9.17, 15) is 22.8 Å². The van der Waals surface area contributed by atoms with Gasteiger partial charge in [-0.25, -0.2) is 4.98 Å². The number of carbonyl (C=O) groups is 2. The van der Waals surface area contributed by atoms with Gasteiger partial charge in [0.25, 0.3) is 11.8 Å². The van der Waals surface area contributed by atoms with Crippen molar-refractivity contribution in [2.45, 2.75) is 13.1 Å². The van der Waals surface area contributed by atoms with Gasteiger partial charge in [-0.3, -0.25) is 9.59 Å². The summed E-state index contributed by atoms with van der Waals surface area (Å²) < 4.78 is 44.0. The predicted molar refractivity (Wildman–Crippen MR) is 104 cm³/mol. The third kappa shape index (κ3) is 4.84. The molecular formula is C20H19ClF3N3O3. The molecule has 0 unspecified atom stereocenters. The minimum atomic E-state index is -4.52. The lowest BCUT2D eigenvalue weighted by Gasteiger charge is -2.34. The molecule has 0 bridgehead atoms. The Hall–Kier alpha value is -2.81. The number of benzene rings is 1. The summed E-state index contributed by atoms with van der Waals surface area (Å²) in [6, 6.07) is 7.39.